The molecule has 128 valence electrons. The van der Waals surface area contributed by atoms with Crippen LogP contribution in [0.5, 0.6) is 0 Å². The van der Waals surface area contributed by atoms with Crippen molar-refractivity contribution in [3.63, 3.8) is 0 Å². The van der Waals surface area contributed by atoms with Crippen LogP contribution in [0, 0.1) is 0 Å². The summed E-state index contributed by atoms with van der Waals surface area (Å²) in [5, 5.41) is 2.58. The number of carbonyl (C=O) groups is 1. The molecule has 1 fully saturated rings. The van der Waals surface area contributed by atoms with Gasteiger partial charge in [-0.25, -0.2) is 0 Å². The number of nitrogens with zero attached hydrogens (tertiary/aromatic N) is 1. The number of hydrogen-bond donors (Lipinski definition) is 2. The van der Waals surface area contributed by atoms with Gasteiger partial charge in [0.25, 0.3) is 0 Å². The standard InChI is InChI=1S/C11H20F3N3O2.2ClH/c1-17(8-11(12,13)14)5-4-16-9(18)10(15)2-6-19-7-3-10;;/h2-8,15H2,1H3,(H,16,18);2*1H. The molecule has 0 aromatic heterocycles. The molecule has 1 heterocycles. The van der Waals surface area contributed by atoms with Gasteiger partial charge in [0.2, 0.25) is 5.91 Å². The monoisotopic (exact) mass is 355 g/mol. The van der Waals surface area contributed by atoms with Crippen LogP contribution < -0.4 is 11.1 Å². The number of ether oxygens (including phenoxy) is 1. The van der Waals surface area contributed by atoms with E-state index in [1.54, 1.807) is 0 Å². The Morgan fingerprint density at radius 2 is 1.86 bits per heavy atom. The average molecular weight is 356 g/mol. The van der Waals surface area contributed by atoms with Gasteiger partial charge in [0.05, 0.1) is 12.1 Å². The fourth-order valence-corrected chi connectivity index (χ4v) is 1.88. The molecule has 5 nitrogen and oxygen atoms in total. The predicted octanol–water partition coefficient (Wildman–Crippen LogP) is 0.948. The SMILES string of the molecule is CN(CCNC(=O)C1(N)CCOCC1)CC(F)(F)F.Cl.Cl. The Bertz CT molecular complexity index is 314. The summed E-state index contributed by atoms with van der Waals surface area (Å²) in [4.78, 5) is 13.0. The van der Waals surface area contributed by atoms with Crippen LogP contribution >= 0.6 is 24.8 Å². The highest BCUT2D eigenvalue weighted by Crippen LogP contribution is 2.17. The lowest BCUT2D eigenvalue weighted by molar-refractivity contribution is -0.143. The van der Waals surface area contributed by atoms with E-state index in [1.165, 1.54) is 7.05 Å². The van der Waals surface area contributed by atoms with Crippen molar-refractivity contribution in [2.24, 2.45) is 5.73 Å². The van der Waals surface area contributed by atoms with E-state index < -0.39 is 18.3 Å². The van der Waals surface area contributed by atoms with Crippen molar-refractivity contribution < 1.29 is 22.7 Å². The van der Waals surface area contributed by atoms with Gasteiger partial charge in [-0.3, -0.25) is 9.69 Å². The summed E-state index contributed by atoms with van der Waals surface area (Å²) in [6.45, 7) is 0.128. The lowest BCUT2D eigenvalue weighted by Gasteiger charge is -2.32. The third-order valence-electron chi connectivity index (χ3n) is 3.07. The molecule has 0 aliphatic carbocycles. The molecule has 0 bridgehead atoms. The van der Waals surface area contributed by atoms with Crippen LogP contribution in [0.4, 0.5) is 13.2 Å². The van der Waals surface area contributed by atoms with E-state index in [0.717, 1.165) is 4.90 Å². The molecule has 10 heteroatoms. The van der Waals surface area contributed by atoms with E-state index in [9.17, 15) is 18.0 Å². The first-order chi connectivity index (χ1) is 8.73. The van der Waals surface area contributed by atoms with Crippen LogP contribution in [0.2, 0.25) is 0 Å². The summed E-state index contributed by atoms with van der Waals surface area (Å²) >= 11 is 0. The second kappa shape index (κ2) is 9.68. The number of hydrogen-bond acceptors (Lipinski definition) is 4. The van der Waals surface area contributed by atoms with Crippen molar-refractivity contribution >= 4 is 30.7 Å². The van der Waals surface area contributed by atoms with Crippen LogP contribution in [-0.2, 0) is 9.53 Å². The number of likely N-dealkylation sites (N-methyl/N-ethyl adjacent to an activating group) is 1. The second-order valence-electron chi connectivity index (χ2n) is 4.88. The van der Waals surface area contributed by atoms with E-state index >= 15 is 0 Å². The zero-order valence-electron chi connectivity index (χ0n) is 11.7. The Kier molecular flexibility index (Phi) is 10.6. The highest BCUT2D eigenvalue weighted by molar-refractivity contribution is 5.86. The third kappa shape index (κ3) is 8.67. The predicted molar refractivity (Wildman–Crippen MR) is 78.0 cm³/mol. The summed E-state index contributed by atoms with van der Waals surface area (Å²) in [5.41, 5.74) is 4.98. The highest BCUT2D eigenvalue weighted by Gasteiger charge is 2.35. The van der Waals surface area contributed by atoms with Gasteiger partial charge in [0.15, 0.2) is 0 Å². The second-order valence-corrected chi connectivity index (χ2v) is 4.88. The molecule has 1 saturated heterocycles. The van der Waals surface area contributed by atoms with E-state index in [0.29, 0.717) is 26.1 Å². The molecular formula is C11H22Cl2F3N3O2. The summed E-state index contributed by atoms with van der Waals surface area (Å²) in [6, 6.07) is 0. The first-order valence-electron chi connectivity index (χ1n) is 6.13. The molecule has 3 N–H and O–H groups in total. The fourth-order valence-electron chi connectivity index (χ4n) is 1.88. The van der Waals surface area contributed by atoms with Gasteiger partial charge in [-0.05, 0) is 19.9 Å². The molecular weight excluding hydrogens is 334 g/mol. The quantitative estimate of drug-likeness (QED) is 0.770. The number of nitrogens with one attached hydrogen (secondary N) is 1. The van der Waals surface area contributed by atoms with Gasteiger partial charge >= 0.3 is 6.18 Å². The maximum Gasteiger partial charge on any atom is 0.401 e. The van der Waals surface area contributed by atoms with Gasteiger partial charge in [-0.1, -0.05) is 0 Å². The van der Waals surface area contributed by atoms with Crippen LogP contribution in [0.15, 0.2) is 0 Å². The fraction of sp³-hybridized carbons (Fsp3) is 0.909. The summed E-state index contributed by atoms with van der Waals surface area (Å²) in [6.07, 6.45) is -3.37. The number of halogens is 5. The van der Waals surface area contributed by atoms with E-state index in [-0.39, 0.29) is 43.8 Å². The first-order valence-corrected chi connectivity index (χ1v) is 6.13. The number of amides is 1. The molecule has 0 unspecified atom stereocenters. The highest BCUT2D eigenvalue weighted by atomic mass is 35.5. The molecule has 0 saturated carbocycles. The first kappa shape index (κ1) is 23.0. The van der Waals surface area contributed by atoms with Crippen molar-refractivity contribution in [3.05, 3.63) is 0 Å². The Balaban J connectivity index is 0. The summed E-state index contributed by atoms with van der Waals surface area (Å²) in [7, 11) is 1.35. The maximum atomic E-state index is 12.1. The number of nitrogens with two attached hydrogens (primary N) is 1. The topological polar surface area (TPSA) is 67.6 Å². The van der Waals surface area contributed by atoms with Crippen LogP contribution in [-0.4, -0.2) is 62.4 Å². The molecule has 1 aliphatic heterocycles. The van der Waals surface area contributed by atoms with Crippen molar-refractivity contribution in [1.82, 2.24) is 10.2 Å². The third-order valence-corrected chi connectivity index (χ3v) is 3.07. The molecule has 21 heavy (non-hydrogen) atoms. The lowest BCUT2D eigenvalue weighted by atomic mass is 9.90. The van der Waals surface area contributed by atoms with E-state index in [1.807, 2.05) is 0 Å². The Labute approximate surface area is 134 Å². The van der Waals surface area contributed by atoms with Gasteiger partial charge in [-0.2, -0.15) is 13.2 Å². The molecule has 1 aliphatic rings. The Morgan fingerprint density at radius 3 is 2.33 bits per heavy atom. The van der Waals surface area contributed by atoms with Gasteiger partial charge < -0.3 is 15.8 Å². The molecule has 0 atom stereocenters. The van der Waals surface area contributed by atoms with Crippen molar-refractivity contribution in [2.45, 2.75) is 24.6 Å². The zero-order chi connectivity index (χ0) is 14.5. The lowest BCUT2D eigenvalue weighted by Crippen LogP contribution is -2.57. The molecule has 0 radical (unpaired) electrons. The normalized spacial score (nSPS) is 17.6. The number of rotatable bonds is 5. The minimum atomic E-state index is -4.23. The zero-order valence-corrected chi connectivity index (χ0v) is 13.4. The largest absolute Gasteiger partial charge is 0.401 e. The Hall–Kier alpha value is -0.280. The average Bonchev–Trinajstić information content (AvgIpc) is 2.27. The smallest absolute Gasteiger partial charge is 0.381 e. The van der Waals surface area contributed by atoms with Crippen LogP contribution in [0.1, 0.15) is 12.8 Å². The number of carbonyl (C=O) groups excluding carboxylic acids is 1. The summed E-state index contributed by atoms with van der Waals surface area (Å²) in [5.74, 6) is -0.323. The molecule has 1 rings (SSSR count). The minimum absolute atomic E-state index is 0. The molecule has 0 aromatic rings. The van der Waals surface area contributed by atoms with Gasteiger partial charge in [0, 0.05) is 26.3 Å². The van der Waals surface area contributed by atoms with E-state index in [2.05, 4.69) is 5.32 Å². The van der Waals surface area contributed by atoms with Crippen molar-refractivity contribution in [1.29, 1.82) is 0 Å². The van der Waals surface area contributed by atoms with E-state index in [4.69, 9.17) is 10.5 Å². The summed E-state index contributed by atoms with van der Waals surface area (Å²) < 4.78 is 41.4. The number of alkyl halides is 3. The Morgan fingerprint density at radius 1 is 1.33 bits per heavy atom. The van der Waals surface area contributed by atoms with Crippen molar-refractivity contribution in [2.75, 3.05) is 39.9 Å². The molecule has 0 spiro atoms. The molecule has 1 amide bonds. The van der Waals surface area contributed by atoms with Gasteiger partial charge in [0.1, 0.15) is 0 Å². The van der Waals surface area contributed by atoms with Gasteiger partial charge in [-0.15, -0.1) is 24.8 Å². The van der Waals surface area contributed by atoms with Crippen LogP contribution in [0.3, 0.4) is 0 Å². The van der Waals surface area contributed by atoms with Crippen LogP contribution in [0.25, 0.3) is 0 Å². The maximum absolute atomic E-state index is 12.1. The molecule has 0 aromatic carbocycles. The van der Waals surface area contributed by atoms with Crippen molar-refractivity contribution in [3.8, 4) is 0 Å². The minimum Gasteiger partial charge on any atom is -0.381 e.